The average Bonchev–Trinajstić information content (AvgIpc) is 3.24. The Bertz CT molecular complexity index is 729. The largest absolute Gasteiger partial charge is 0.481 e. The van der Waals surface area contributed by atoms with Crippen molar-refractivity contribution >= 4 is 18.1 Å². The maximum atomic E-state index is 12.8. The topological polar surface area (TPSA) is 103 Å². The van der Waals surface area contributed by atoms with E-state index in [2.05, 4.69) is 22.9 Å². The van der Waals surface area contributed by atoms with Crippen LogP contribution in [-0.4, -0.2) is 53.8 Å². The number of carboxylic acids is 1. The molecule has 3 N–H and O–H groups in total. The number of hydroxylamine groups is 1. The highest BCUT2D eigenvalue weighted by molar-refractivity contribution is 5.81. The molecule has 2 aliphatic rings. The zero-order chi connectivity index (χ0) is 21.3. The molecule has 2 unspecified atom stereocenters. The van der Waals surface area contributed by atoms with Gasteiger partial charge in [0.2, 0.25) is 0 Å². The van der Waals surface area contributed by atoms with Gasteiger partial charge in [0.25, 0.3) is 5.91 Å². The quantitative estimate of drug-likeness (QED) is 0.325. The van der Waals surface area contributed by atoms with E-state index >= 15 is 0 Å². The van der Waals surface area contributed by atoms with Gasteiger partial charge in [-0.2, -0.15) is 10.6 Å². The average molecular weight is 417 g/mol. The summed E-state index contributed by atoms with van der Waals surface area (Å²) in [7, 11) is 0. The summed E-state index contributed by atoms with van der Waals surface area (Å²) in [5.41, 5.74) is 8.11. The third-order valence-electron chi connectivity index (χ3n) is 5.75. The zero-order valence-electron chi connectivity index (χ0n) is 17.5. The molecule has 2 heterocycles. The number of rotatable bonds is 9. The molecule has 8 heteroatoms. The lowest BCUT2D eigenvalue weighted by Gasteiger charge is -2.32. The van der Waals surface area contributed by atoms with Gasteiger partial charge in [0.15, 0.2) is 6.10 Å². The fraction of sp³-hybridized carbons (Fsp3) is 0.591. The maximum absolute atomic E-state index is 12.8. The van der Waals surface area contributed by atoms with Crippen LogP contribution in [0.15, 0.2) is 29.4 Å². The van der Waals surface area contributed by atoms with Gasteiger partial charge < -0.3 is 15.4 Å². The van der Waals surface area contributed by atoms with Crippen molar-refractivity contribution in [3.05, 3.63) is 35.4 Å². The Hall–Kier alpha value is -2.45. The molecule has 0 spiro atoms. The van der Waals surface area contributed by atoms with Gasteiger partial charge in [-0.3, -0.25) is 14.4 Å². The molecule has 1 aromatic rings. The molecule has 0 bridgehead atoms. The molecule has 0 radical (unpaired) electrons. The van der Waals surface area contributed by atoms with Gasteiger partial charge in [0.05, 0.1) is 12.3 Å². The molecule has 0 aliphatic carbocycles. The van der Waals surface area contributed by atoms with Crippen molar-refractivity contribution < 1.29 is 19.5 Å². The Morgan fingerprint density at radius 1 is 1.30 bits per heavy atom. The first-order valence-electron chi connectivity index (χ1n) is 10.8. The van der Waals surface area contributed by atoms with E-state index in [0.29, 0.717) is 19.5 Å². The first-order chi connectivity index (χ1) is 14.6. The van der Waals surface area contributed by atoms with Crippen LogP contribution in [0.3, 0.4) is 0 Å². The molecule has 3 rings (SSSR count). The number of likely N-dealkylation sites (tertiary alicyclic amines) is 1. The molecule has 2 aliphatic heterocycles. The van der Waals surface area contributed by atoms with Crippen molar-refractivity contribution in [3.8, 4) is 0 Å². The van der Waals surface area contributed by atoms with E-state index in [-0.39, 0.29) is 24.3 Å². The number of carboxylic acid groups (broad SMARTS) is 1. The number of piperidine rings is 1. The molecular formula is C22H32N4O4. The van der Waals surface area contributed by atoms with Gasteiger partial charge in [-0.15, -0.1) is 0 Å². The molecule has 0 aromatic heterocycles. The standard InChI is InChI=1S/C22H32N4O4/c1-2-3-10-23-24-15-17-4-6-18(7-5-17)19-14-20(30-25-19)22(29)26-11-8-16(9-12-26)13-21(27)28/h4-7,15-16,19-20,23,25H,2-3,8-14H2,1H3,(H,27,28). The summed E-state index contributed by atoms with van der Waals surface area (Å²) < 4.78 is 0. The van der Waals surface area contributed by atoms with E-state index < -0.39 is 12.1 Å². The minimum absolute atomic E-state index is 0.0133. The number of carbonyl (C=O) groups excluding carboxylic acids is 1. The summed E-state index contributed by atoms with van der Waals surface area (Å²) in [6.07, 6.45) is 5.77. The van der Waals surface area contributed by atoms with Gasteiger partial charge in [-0.05, 0) is 36.3 Å². The van der Waals surface area contributed by atoms with E-state index in [9.17, 15) is 9.59 Å². The first kappa shape index (κ1) is 22.2. The Balaban J connectivity index is 1.46. The number of benzene rings is 1. The SMILES string of the molecule is CCCCNN=Cc1ccc(C2CC(C(=O)N3CCC(CC(=O)O)CC3)ON2)cc1. The molecule has 164 valence electrons. The van der Waals surface area contributed by atoms with Crippen molar-refractivity contribution in [1.82, 2.24) is 15.8 Å². The van der Waals surface area contributed by atoms with Crippen LogP contribution in [0, 0.1) is 5.92 Å². The minimum Gasteiger partial charge on any atom is -0.481 e. The van der Waals surface area contributed by atoms with E-state index in [1.807, 2.05) is 24.3 Å². The van der Waals surface area contributed by atoms with Crippen LogP contribution in [0.1, 0.15) is 62.6 Å². The zero-order valence-corrected chi connectivity index (χ0v) is 17.5. The smallest absolute Gasteiger partial charge is 0.303 e. The number of nitrogens with zero attached hydrogens (tertiary/aromatic N) is 2. The Morgan fingerprint density at radius 3 is 2.70 bits per heavy atom. The third kappa shape index (κ3) is 6.27. The second-order valence-corrected chi connectivity index (χ2v) is 8.07. The summed E-state index contributed by atoms with van der Waals surface area (Å²) in [5, 5.41) is 13.1. The number of hydrogen-bond acceptors (Lipinski definition) is 6. The van der Waals surface area contributed by atoms with Crippen molar-refractivity contribution in [2.24, 2.45) is 11.0 Å². The van der Waals surface area contributed by atoms with Crippen molar-refractivity contribution in [2.45, 2.75) is 57.6 Å². The molecule has 30 heavy (non-hydrogen) atoms. The summed E-state index contributed by atoms with van der Waals surface area (Å²) in [5.74, 6) is -0.623. The monoisotopic (exact) mass is 416 g/mol. The van der Waals surface area contributed by atoms with E-state index in [1.54, 1.807) is 11.1 Å². The number of hydrazone groups is 1. The number of hydrogen-bond donors (Lipinski definition) is 3. The lowest BCUT2D eigenvalue weighted by molar-refractivity contribution is -0.145. The van der Waals surface area contributed by atoms with Crippen LogP contribution in [0.4, 0.5) is 0 Å². The summed E-state index contributed by atoms with van der Waals surface area (Å²) in [4.78, 5) is 31.0. The van der Waals surface area contributed by atoms with E-state index in [4.69, 9.17) is 9.94 Å². The third-order valence-corrected chi connectivity index (χ3v) is 5.75. The number of aliphatic carboxylic acids is 1. The highest BCUT2D eigenvalue weighted by Gasteiger charge is 2.36. The van der Waals surface area contributed by atoms with Gasteiger partial charge >= 0.3 is 5.97 Å². The molecule has 1 aromatic carbocycles. The normalized spacial score (nSPS) is 22.5. The summed E-state index contributed by atoms with van der Waals surface area (Å²) in [6, 6.07) is 8.03. The van der Waals surface area contributed by atoms with Crippen LogP contribution in [0.2, 0.25) is 0 Å². The van der Waals surface area contributed by atoms with Gasteiger partial charge in [-0.25, -0.2) is 0 Å². The van der Waals surface area contributed by atoms with Gasteiger partial charge in [-0.1, -0.05) is 37.6 Å². The van der Waals surface area contributed by atoms with E-state index in [1.165, 1.54) is 0 Å². The number of nitrogens with one attached hydrogen (secondary N) is 2. The summed E-state index contributed by atoms with van der Waals surface area (Å²) >= 11 is 0. The highest BCUT2D eigenvalue weighted by Crippen LogP contribution is 2.28. The second-order valence-electron chi connectivity index (χ2n) is 8.07. The summed E-state index contributed by atoms with van der Waals surface area (Å²) in [6.45, 7) is 4.22. The molecule has 2 saturated heterocycles. The van der Waals surface area contributed by atoms with Crippen LogP contribution < -0.4 is 10.9 Å². The molecule has 1 amide bonds. The van der Waals surface area contributed by atoms with Gasteiger partial charge in [0.1, 0.15) is 0 Å². The predicted octanol–water partition coefficient (Wildman–Crippen LogP) is 2.46. The van der Waals surface area contributed by atoms with Crippen molar-refractivity contribution in [3.63, 3.8) is 0 Å². The predicted molar refractivity (Wildman–Crippen MR) is 114 cm³/mol. The first-order valence-corrected chi connectivity index (χ1v) is 10.8. The van der Waals surface area contributed by atoms with Crippen LogP contribution in [0.5, 0.6) is 0 Å². The molecule has 8 nitrogen and oxygen atoms in total. The van der Waals surface area contributed by atoms with Crippen molar-refractivity contribution in [2.75, 3.05) is 19.6 Å². The molecular weight excluding hydrogens is 384 g/mol. The van der Waals surface area contributed by atoms with Crippen LogP contribution in [0.25, 0.3) is 0 Å². The Morgan fingerprint density at radius 2 is 2.03 bits per heavy atom. The highest BCUT2D eigenvalue weighted by atomic mass is 16.7. The van der Waals surface area contributed by atoms with E-state index in [0.717, 1.165) is 43.4 Å². The van der Waals surface area contributed by atoms with Crippen LogP contribution >= 0.6 is 0 Å². The molecule has 2 atom stereocenters. The molecule has 2 fully saturated rings. The second kappa shape index (κ2) is 11.1. The number of carbonyl (C=O) groups is 2. The van der Waals surface area contributed by atoms with Gasteiger partial charge in [0, 0.05) is 32.5 Å². The Kier molecular flexibility index (Phi) is 8.21. The van der Waals surface area contributed by atoms with Crippen molar-refractivity contribution in [1.29, 1.82) is 0 Å². The lowest BCUT2D eigenvalue weighted by atomic mass is 9.93. The Labute approximate surface area is 177 Å². The lowest BCUT2D eigenvalue weighted by Crippen LogP contribution is -2.44. The number of unbranched alkanes of at least 4 members (excludes halogenated alkanes) is 1. The minimum atomic E-state index is -0.768. The fourth-order valence-electron chi connectivity index (χ4n) is 3.89. The number of amides is 1. The van der Waals surface area contributed by atoms with Crippen LogP contribution in [-0.2, 0) is 14.4 Å². The maximum Gasteiger partial charge on any atom is 0.303 e. The fourth-order valence-corrected chi connectivity index (χ4v) is 3.89. The molecule has 0 saturated carbocycles.